The van der Waals surface area contributed by atoms with Crippen LogP contribution in [0.4, 0.5) is 8.78 Å². The molecular formula is C15H13F2NO2. The average Bonchev–Trinajstić information content (AvgIpc) is 2.41. The fourth-order valence-corrected chi connectivity index (χ4v) is 1.71. The highest BCUT2D eigenvalue weighted by Crippen LogP contribution is 2.25. The number of carbonyl (C=O) groups excluding carboxylic acids is 1. The van der Waals surface area contributed by atoms with E-state index >= 15 is 0 Å². The lowest BCUT2D eigenvalue weighted by Crippen LogP contribution is -2.07. The van der Waals surface area contributed by atoms with Gasteiger partial charge >= 0.3 is 0 Å². The number of carbonyl (C=O) groups is 1. The van der Waals surface area contributed by atoms with Crippen molar-refractivity contribution in [2.24, 2.45) is 0 Å². The number of hydrogen-bond donors (Lipinski definition) is 0. The van der Waals surface area contributed by atoms with Crippen LogP contribution in [-0.4, -0.2) is 17.4 Å². The number of hydrogen-bond acceptors (Lipinski definition) is 3. The average molecular weight is 277 g/mol. The minimum absolute atomic E-state index is 0.138. The zero-order chi connectivity index (χ0) is 14.7. The second-order valence-electron chi connectivity index (χ2n) is 4.49. The van der Waals surface area contributed by atoms with Crippen LogP contribution in [0.1, 0.15) is 24.3 Å². The predicted octanol–water partition coefficient (Wildman–Crippen LogP) is 3.63. The quantitative estimate of drug-likeness (QED) is 0.801. The van der Waals surface area contributed by atoms with Gasteiger partial charge in [0.15, 0.2) is 23.7 Å². The number of ether oxygens (including phenoxy) is 1. The van der Waals surface area contributed by atoms with Gasteiger partial charge in [0, 0.05) is 5.56 Å². The van der Waals surface area contributed by atoms with Gasteiger partial charge in [-0.3, -0.25) is 4.79 Å². The molecule has 3 nitrogen and oxygen atoms in total. The number of nitrogens with zero attached hydrogens (tertiary/aromatic N) is 1. The standard InChI is InChI=1S/C15H13F2NO2/c1-9(2)20-15-6-3-10(7-12(15)17)13-5-4-11(16)14(8-19)18-13/h3-9H,1-2H3. The molecule has 0 radical (unpaired) electrons. The Morgan fingerprint density at radius 2 is 1.90 bits per heavy atom. The molecule has 0 aliphatic rings. The minimum Gasteiger partial charge on any atom is -0.488 e. The Balaban J connectivity index is 2.39. The monoisotopic (exact) mass is 277 g/mol. The van der Waals surface area contributed by atoms with E-state index in [0.29, 0.717) is 17.5 Å². The van der Waals surface area contributed by atoms with E-state index in [2.05, 4.69) is 4.98 Å². The zero-order valence-corrected chi connectivity index (χ0v) is 11.1. The Morgan fingerprint density at radius 1 is 1.15 bits per heavy atom. The first kappa shape index (κ1) is 14.1. The number of halogens is 2. The maximum Gasteiger partial charge on any atom is 0.171 e. The van der Waals surface area contributed by atoms with Crippen LogP contribution in [0.25, 0.3) is 11.3 Å². The Kier molecular flexibility index (Phi) is 4.08. The summed E-state index contributed by atoms with van der Waals surface area (Å²) in [6.45, 7) is 3.59. The van der Waals surface area contributed by atoms with Crippen LogP contribution in [0.15, 0.2) is 30.3 Å². The molecule has 104 valence electrons. The summed E-state index contributed by atoms with van der Waals surface area (Å²) in [6.07, 6.45) is 0.187. The molecule has 2 rings (SSSR count). The molecule has 0 saturated carbocycles. The predicted molar refractivity (Wildman–Crippen MR) is 70.7 cm³/mol. The summed E-state index contributed by atoms with van der Waals surface area (Å²) in [5, 5.41) is 0. The summed E-state index contributed by atoms with van der Waals surface area (Å²) in [7, 11) is 0. The van der Waals surface area contributed by atoms with Crippen LogP contribution >= 0.6 is 0 Å². The molecule has 5 heteroatoms. The highest BCUT2D eigenvalue weighted by Gasteiger charge is 2.10. The molecule has 0 amide bonds. The van der Waals surface area contributed by atoms with E-state index in [-0.39, 0.29) is 17.5 Å². The van der Waals surface area contributed by atoms with Crippen molar-refractivity contribution in [3.63, 3.8) is 0 Å². The van der Waals surface area contributed by atoms with E-state index in [9.17, 15) is 13.6 Å². The van der Waals surface area contributed by atoms with Crippen molar-refractivity contribution in [1.29, 1.82) is 0 Å². The molecule has 0 fully saturated rings. The number of benzene rings is 1. The summed E-state index contributed by atoms with van der Waals surface area (Å²) in [6, 6.07) is 6.85. The molecule has 0 aliphatic heterocycles. The van der Waals surface area contributed by atoms with Gasteiger partial charge in [0.25, 0.3) is 0 Å². The lowest BCUT2D eigenvalue weighted by molar-refractivity contribution is 0.111. The summed E-state index contributed by atoms with van der Waals surface area (Å²) in [4.78, 5) is 14.5. The van der Waals surface area contributed by atoms with Gasteiger partial charge in [0.1, 0.15) is 5.69 Å². The molecule has 0 N–H and O–H groups in total. The van der Waals surface area contributed by atoms with Crippen LogP contribution in [0.2, 0.25) is 0 Å². The van der Waals surface area contributed by atoms with Crippen molar-refractivity contribution >= 4 is 6.29 Å². The molecule has 1 heterocycles. The SMILES string of the molecule is CC(C)Oc1ccc(-c2ccc(F)c(C=O)n2)cc1F. The largest absolute Gasteiger partial charge is 0.488 e. The number of rotatable bonds is 4. The number of aldehydes is 1. The number of aromatic nitrogens is 1. The Hall–Kier alpha value is -2.30. The van der Waals surface area contributed by atoms with Crippen LogP contribution in [0.3, 0.4) is 0 Å². The van der Waals surface area contributed by atoms with Crippen LogP contribution < -0.4 is 4.74 Å². The van der Waals surface area contributed by atoms with Gasteiger partial charge in [0.05, 0.1) is 11.8 Å². The molecule has 20 heavy (non-hydrogen) atoms. The third kappa shape index (κ3) is 2.99. The van der Waals surface area contributed by atoms with Crippen LogP contribution in [0, 0.1) is 11.6 Å². The lowest BCUT2D eigenvalue weighted by atomic mass is 10.1. The third-order valence-corrected chi connectivity index (χ3v) is 2.58. The summed E-state index contributed by atoms with van der Waals surface area (Å²) >= 11 is 0. The van der Waals surface area contributed by atoms with Gasteiger partial charge < -0.3 is 4.74 Å². The topological polar surface area (TPSA) is 39.2 Å². The normalized spacial score (nSPS) is 10.7. The van der Waals surface area contributed by atoms with Gasteiger partial charge in [-0.1, -0.05) is 0 Å². The Labute approximate surface area is 115 Å². The van der Waals surface area contributed by atoms with E-state index in [1.54, 1.807) is 19.9 Å². The number of pyridine rings is 1. The molecular weight excluding hydrogens is 264 g/mol. The molecule has 1 aromatic heterocycles. The Bertz CT molecular complexity index is 642. The molecule has 0 saturated heterocycles. The van der Waals surface area contributed by atoms with E-state index < -0.39 is 11.6 Å². The maximum absolute atomic E-state index is 13.9. The second kappa shape index (κ2) is 5.77. The van der Waals surface area contributed by atoms with Crippen molar-refractivity contribution in [3.8, 4) is 17.0 Å². The van der Waals surface area contributed by atoms with Crippen molar-refractivity contribution in [3.05, 3.63) is 47.7 Å². The molecule has 0 spiro atoms. The maximum atomic E-state index is 13.9. The lowest BCUT2D eigenvalue weighted by Gasteiger charge is -2.11. The zero-order valence-electron chi connectivity index (χ0n) is 11.1. The summed E-state index contributed by atoms with van der Waals surface area (Å²) in [5.74, 6) is -1.10. The van der Waals surface area contributed by atoms with Crippen molar-refractivity contribution in [2.45, 2.75) is 20.0 Å². The first-order valence-electron chi connectivity index (χ1n) is 6.09. The fourth-order valence-electron chi connectivity index (χ4n) is 1.71. The van der Waals surface area contributed by atoms with Crippen LogP contribution in [0.5, 0.6) is 5.75 Å². The van der Waals surface area contributed by atoms with Crippen molar-refractivity contribution in [2.75, 3.05) is 0 Å². The minimum atomic E-state index is -0.705. The van der Waals surface area contributed by atoms with Gasteiger partial charge in [-0.25, -0.2) is 13.8 Å². The molecule has 0 unspecified atom stereocenters. The molecule has 0 aliphatic carbocycles. The first-order valence-corrected chi connectivity index (χ1v) is 6.09. The van der Waals surface area contributed by atoms with E-state index in [4.69, 9.17) is 4.74 Å². The van der Waals surface area contributed by atoms with E-state index in [1.807, 2.05) is 0 Å². The molecule has 1 aromatic carbocycles. The smallest absolute Gasteiger partial charge is 0.171 e. The van der Waals surface area contributed by atoms with Crippen molar-refractivity contribution in [1.82, 2.24) is 4.98 Å². The summed E-state index contributed by atoms with van der Waals surface area (Å²) in [5.41, 5.74) is 0.468. The van der Waals surface area contributed by atoms with Gasteiger partial charge in [-0.05, 0) is 44.2 Å². The summed E-state index contributed by atoms with van der Waals surface area (Å²) < 4.78 is 32.3. The third-order valence-electron chi connectivity index (χ3n) is 2.58. The molecule has 0 bridgehead atoms. The van der Waals surface area contributed by atoms with Crippen LogP contribution in [-0.2, 0) is 0 Å². The van der Waals surface area contributed by atoms with E-state index in [0.717, 1.165) is 6.07 Å². The highest BCUT2D eigenvalue weighted by molar-refractivity contribution is 5.74. The Morgan fingerprint density at radius 3 is 2.50 bits per heavy atom. The van der Waals surface area contributed by atoms with Gasteiger partial charge in [-0.2, -0.15) is 0 Å². The molecule has 0 atom stereocenters. The first-order chi connectivity index (χ1) is 9.51. The van der Waals surface area contributed by atoms with Gasteiger partial charge in [-0.15, -0.1) is 0 Å². The highest BCUT2D eigenvalue weighted by atomic mass is 19.1. The van der Waals surface area contributed by atoms with E-state index in [1.165, 1.54) is 18.2 Å². The molecule has 2 aromatic rings. The second-order valence-corrected chi connectivity index (χ2v) is 4.49. The van der Waals surface area contributed by atoms with Crippen molar-refractivity contribution < 1.29 is 18.3 Å². The van der Waals surface area contributed by atoms with Gasteiger partial charge in [0.2, 0.25) is 0 Å². The fraction of sp³-hybridized carbons (Fsp3) is 0.200.